The third-order valence-electron chi connectivity index (χ3n) is 4.85. The second kappa shape index (κ2) is 10.1. The number of amides is 1. The first kappa shape index (κ1) is 23.7. The van der Waals surface area contributed by atoms with Crippen molar-refractivity contribution < 1.29 is 22.3 Å². The number of halogens is 2. The summed E-state index contributed by atoms with van der Waals surface area (Å²) in [6.07, 6.45) is 0. The van der Waals surface area contributed by atoms with E-state index in [0.29, 0.717) is 16.3 Å². The number of likely N-dealkylation sites (N-methyl/N-ethyl adjacent to an activating group) is 1. The molecule has 32 heavy (non-hydrogen) atoms. The second-order valence-electron chi connectivity index (χ2n) is 7.04. The second-order valence-corrected chi connectivity index (χ2v) is 9.52. The van der Waals surface area contributed by atoms with E-state index in [2.05, 4.69) is 5.32 Å². The summed E-state index contributed by atoms with van der Waals surface area (Å²) in [5.41, 5.74) is 1.38. The standard InChI is InChI=1S/C23H22ClFN2O4S/c1-27(32(29,30)21-13-7-18(24)8-14-21)15-22(28)26-23(16-3-9-19(25)10-4-16)17-5-11-20(31-2)12-6-17/h3-14,23H,15H2,1-2H3,(H,26,28). The zero-order valence-corrected chi connectivity index (χ0v) is 19.0. The Hall–Kier alpha value is -2.94. The van der Waals surface area contributed by atoms with Gasteiger partial charge in [0.1, 0.15) is 11.6 Å². The lowest BCUT2D eigenvalue weighted by atomic mass is 9.98. The molecule has 1 N–H and O–H groups in total. The number of methoxy groups -OCH3 is 1. The van der Waals surface area contributed by atoms with E-state index < -0.39 is 34.3 Å². The Labute approximate surface area is 191 Å². The Kier molecular flexibility index (Phi) is 7.50. The highest BCUT2D eigenvalue weighted by Gasteiger charge is 2.25. The molecule has 3 aromatic carbocycles. The average molecular weight is 477 g/mol. The molecule has 0 aliphatic carbocycles. The van der Waals surface area contributed by atoms with E-state index in [1.54, 1.807) is 43.5 Å². The molecule has 0 aliphatic rings. The van der Waals surface area contributed by atoms with E-state index in [0.717, 1.165) is 9.87 Å². The van der Waals surface area contributed by atoms with Crippen molar-refractivity contribution in [2.75, 3.05) is 20.7 Å². The van der Waals surface area contributed by atoms with E-state index in [1.165, 1.54) is 43.4 Å². The van der Waals surface area contributed by atoms with Crippen molar-refractivity contribution in [1.82, 2.24) is 9.62 Å². The third kappa shape index (κ3) is 5.64. The molecule has 3 rings (SSSR count). The van der Waals surface area contributed by atoms with Crippen LogP contribution in [0.3, 0.4) is 0 Å². The van der Waals surface area contributed by atoms with Crippen molar-refractivity contribution in [3.63, 3.8) is 0 Å². The average Bonchev–Trinajstić information content (AvgIpc) is 2.78. The fourth-order valence-corrected chi connectivity index (χ4v) is 4.34. The number of rotatable bonds is 8. The van der Waals surface area contributed by atoms with Gasteiger partial charge in [0, 0.05) is 12.1 Å². The minimum absolute atomic E-state index is 0.0300. The number of hydrogen-bond acceptors (Lipinski definition) is 4. The highest BCUT2D eigenvalue weighted by atomic mass is 35.5. The van der Waals surface area contributed by atoms with E-state index in [1.807, 2.05) is 0 Å². The summed E-state index contributed by atoms with van der Waals surface area (Å²) in [5.74, 6) is -0.274. The maximum atomic E-state index is 13.4. The predicted octanol–water partition coefficient (Wildman–Crippen LogP) is 4.01. The third-order valence-corrected chi connectivity index (χ3v) is 6.92. The van der Waals surface area contributed by atoms with Crippen molar-refractivity contribution in [2.24, 2.45) is 0 Å². The minimum Gasteiger partial charge on any atom is -0.497 e. The van der Waals surface area contributed by atoms with Crippen LogP contribution in [0, 0.1) is 5.82 Å². The molecule has 0 fully saturated rings. The van der Waals surface area contributed by atoms with E-state index >= 15 is 0 Å². The lowest BCUT2D eigenvalue weighted by Gasteiger charge is -2.22. The van der Waals surface area contributed by atoms with E-state index in [9.17, 15) is 17.6 Å². The van der Waals surface area contributed by atoms with Crippen LogP contribution in [0.15, 0.2) is 77.7 Å². The molecule has 9 heteroatoms. The summed E-state index contributed by atoms with van der Waals surface area (Å²) in [7, 11) is -1.01. The van der Waals surface area contributed by atoms with Gasteiger partial charge in [0.25, 0.3) is 0 Å². The Bertz CT molecular complexity index is 1170. The van der Waals surface area contributed by atoms with Crippen molar-refractivity contribution in [1.29, 1.82) is 0 Å². The van der Waals surface area contributed by atoms with Gasteiger partial charge in [-0.3, -0.25) is 4.79 Å². The highest BCUT2D eigenvalue weighted by molar-refractivity contribution is 7.89. The number of sulfonamides is 1. The molecule has 3 aromatic rings. The number of nitrogens with one attached hydrogen (secondary N) is 1. The zero-order chi connectivity index (χ0) is 23.3. The van der Waals surface area contributed by atoms with Crippen LogP contribution in [0.4, 0.5) is 4.39 Å². The number of nitrogens with zero attached hydrogens (tertiary/aromatic N) is 1. The van der Waals surface area contributed by atoms with Crippen LogP contribution >= 0.6 is 11.6 Å². The molecule has 0 saturated carbocycles. The van der Waals surface area contributed by atoms with Gasteiger partial charge < -0.3 is 10.1 Å². The summed E-state index contributed by atoms with van der Waals surface area (Å²) in [4.78, 5) is 12.8. The monoisotopic (exact) mass is 476 g/mol. The highest BCUT2D eigenvalue weighted by Crippen LogP contribution is 2.25. The summed E-state index contributed by atoms with van der Waals surface area (Å²) in [6, 6.07) is 17.9. The first-order valence-electron chi connectivity index (χ1n) is 9.61. The van der Waals surface area contributed by atoms with Crippen LogP contribution < -0.4 is 10.1 Å². The number of benzene rings is 3. The summed E-state index contributed by atoms with van der Waals surface area (Å²) in [6.45, 7) is -0.404. The van der Waals surface area contributed by atoms with Gasteiger partial charge in [-0.1, -0.05) is 35.9 Å². The minimum atomic E-state index is -3.88. The lowest BCUT2D eigenvalue weighted by molar-refractivity contribution is -0.121. The van der Waals surface area contributed by atoms with Crippen molar-refractivity contribution in [2.45, 2.75) is 10.9 Å². The normalized spacial score (nSPS) is 12.4. The Balaban J connectivity index is 1.81. The van der Waals surface area contributed by atoms with Gasteiger partial charge in [-0.2, -0.15) is 4.31 Å². The van der Waals surface area contributed by atoms with Crippen molar-refractivity contribution in [3.8, 4) is 5.75 Å². The molecule has 0 heterocycles. The molecule has 168 valence electrons. The molecular weight excluding hydrogens is 455 g/mol. The molecular formula is C23H22ClFN2O4S. The molecule has 1 unspecified atom stereocenters. The van der Waals surface area contributed by atoms with Gasteiger partial charge in [0.05, 0.1) is 24.6 Å². The fraction of sp³-hybridized carbons (Fsp3) is 0.174. The van der Waals surface area contributed by atoms with Gasteiger partial charge in [0.2, 0.25) is 15.9 Å². The number of carbonyl (C=O) groups is 1. The lowest BCUT2D eigenvalue weighted by Crippen LogP contribution is -2.40. The first-order valence-corrected chi connectivity index (χ1v) is 11.4. The first-order chi connectivity index (χ1) is 15.2. The van der Waals surface area contributed by atoms with Gasteiger partial charge in [-0.25, -0.2) is 12.8 Å². The Morgan fingerprint density at radius 1 is 1.00 bits per heavy atom. The molecule has 1 atom stereocenters. The largest absolute Gasteiger partial charge is 0.497 e. The van der Waals surface area contributed by atoms with Crippen LogP contribution in [0.25, 0.3) is 0 Å². The number of carbonyl (C=O) groups excluding carboxylic acids is 1. The smallest absolute Gasteiger partial charge is 0.243 e. The van der Waals surface area contributed by atoms with Gasteiger partial charge in [-0.05, 0) is 59.7 Å². The van der Waals surface area contributed by atoms with E-state index in [4.69, 9.17) is 16.3 Å². The van der Waals surface area contributed by atoms with Crippen molar-refractivity contribution in [3.05, 3.63) is 94.8 Å². The summed E-state index contributed by atoms with van der Waals surface area (Å²) < 4.78 is 45.1. The van der Waals surface area contributed by atoms with Gasteiger partial charge in [-0.15, -0.1) is 0 Å². The van der Waals surface area contributed by atoms with Gasteiger partial charge >= 0.3 is 0 Å². The summed E-state index contributed by atoms with van der Waals surface area (Å²) in [5, 5.41) is 3.25. The van der Waals surface area contributed by atoms with E-state index in [-0.39, 0.29) is 4.90 Å². The maximum Gasteiger partial charge on any atom is 0.243 e. The molecule has 0 aliphatic heterocycles. The van der Waals surface area contributed by atoms with Crippen LogP contribution in [-0.2, 0) is 14.8 Å². The zero-order valence-electron chi connectivity index (χ0n) is 17.5. The predicted molar refractivity (Wildman–Crippen MR) is 121 cm³/mol. The molecule has 0 radical (unpaired) electrons. The summed E-state index contributed by atoms with van der Waals surface area (Å²) >= 11 is 5.82. The Morgan fingerprint density at radius 2 is 1.53 bits per heavy atom. The topological polar surface area (TPSA) is 75.7 Å². The van der Waals surface area contributed by atoms with Crippen LogP contribution in [0.1, 0.15) is 17.2 Å². The quantitative estimate of drug-likeness (QED) is 0.533. The molecule has 6 nitrogen and oxygen atoms in total. The SMILES string of the molecule is COc1ccc(C(NC(=O)CN(C)S(=O)(=O)c2ccc(Cl)cc2)c2ccc(F)cc2)cc1. The van der Waals surface area contributed by atoms with Crippen LogP contribution in [0.2, 0.25) is 5.02 Å². The van der Waals surface area contributed by atoms with Crippen LogP contribution in [-0.4, -0.2) is 39.3 Å². The molecule has 0 bridgehead atoms. The fourth-order valence-electron chi connectivity index (χ4n) is 3.09. The van der Waals surface area contributed by atoms with Crippen LogP contribution in [0.5, 0.6) is 5.75 Å². The number of hydrogen-bond donors (Lipinski definition) is 1. The molecule has 0 saturated heterocycles. The Morgan fingerprint density at radius 3 is 2.06 bits per heavy atom. The molecule has 0 aromatic heterocycles. The molecule has 1 amide bonds. The van der Waals surface area contributed by atoms with Crippen molar-refractivity contribution >= 4 is 27.5 Å². The number of ether oxygens (including phenoxy) is 1. The van der Waals surface area contributed by atoms with Gasteiger partial charge in [0.15, 0.2) is 0 Å². The maximum absolute atomic E-state index is 13.4. The molecule has 0 spiro atoms.